The first-order valence-electron chi connectivity index (χ1n) is 4.71. The van der Waals surface area contributed by atoms with Crippen molar-refractivity contribution in [3.8, 4) is 5.75 Å². The van der Waals surface area contributed by atoms with Crippen molar-refractivity contribution >= 4 is 10.8 Å². The second-order valence-corrected chi connectivity index (χ2v) is 3.51. The fourth-order valence-electron chi connectivity index (χ4n) is 1.55. The number of ether oxygens (including phenoxy) is 1. The molecule has 2 rings (SSSR count). The Kier molecular flexibility index (Phi) is 2.73. The number of hydrogen-bond donors (Lipinski definition) is 0. The van der Waals surface area contributed by atoms with Crippen LogP contribution in [0.4, 0.5) is 13.2 Å². The van der Waals surface area contributed by atoms with Gasteiger partial charge in [-0.3, -0.25) is 0 Å². The van der Waals surface area contributed by atoms with Crippen LogP contribution < -0.4 is 4.74 Å². The van der Waals surface area contributed by atoms with Gasteiger partial charge in [-0.1, -0.05) is 23.8 Å². The predicted octanol–water partition coefficient (Wildman–Crippen LogP) is 3.89. The van der Waals surface area contributed by atoms with Gasteiger partial charge in [0.25, 0.3) is 0 Å². The number of halogens is 3. The Bertz CT molecular complexity index is 523. The van der Waals surface area contributed by atoms with Crippen LogP contribution in [0.5, 0.6) is 5.75 Å². The summed E-state index contributed by atoms with van der Waals surface area (Å²) in [6.45, 7) is -1.14. The normalized spacial score (nSPS) is 11.1. The molecule has 0 unspecified atom stereocenters. The van der Waals surface area contributed by atoms with Crippen molar-refractivity contribution in [1.29, 1.82) is 0 Å². The molecule has 0 aromatic heterocycles. The fourth-order valence-corrected chi connectivity index (χ4v) is 1.55. The zero-order chi connectivity index (χ0) is 11.7. The molecule has 0 atom stereocenters. The summed E-state index contributed by atoms with van der Waals surface area (Å²) in [6, 6.07) is 7.82. The van der Waals surface area contributed by atoms with Crippen molar-refractivity contribution in [3.63, 3.8) is 0 Å². The number of alkyl halides is 2. The van der Waals surface area contributed by atoms with Gasteiger partial charge in [-0.2, -0.15) is 8.78 Å². The standard InChI is InChI=1S/C12H9F3O/c1-7-2-3-8-6-11(16-12(14)15)10(13)5-9(8)4-7/h2-6,12H,1H3. The van der Waals surface area contributed by atoms with Gasteiger partial charge in [0, 0.05) is 0 Å². The van der Waals surface area contributed by atoms with Gasteiger partial charge in [-0.25, -0.2) is 4.39 Å². The van der Waals surface area contributed by atoms with Gasteiger partial charge >= 0.3 is 6.61 Å². The monoisotopic (exact) mass is 226 g/mol. The van der Waals surface area contributed by atoms with E-state index in [1.54, 1.807) is 12.1 Å². The summed E-state index contributed by atoms with van der Waals surface area (Å²) in [5.74, 6) is -1.20. The summed E-state index contributed by atoms with van der Waals surface area (Å²) >= 11 is 0. The summed E-state index contributed by atoms with van der Waals surface area (Å²) in [7, 11) is 0. The van der Waals surface area contributed by atoms with Crippen LogP contribution in [-0.2, 0) is 0 Å². The van der Waals surface area contributed by atoms with E-state index in [0.717, 1.165) is 5.56 Å². The summed E-state index contributed by atoms with van der Waals surface area (Å²) in [6.07, 6.45) is 0. The van der Waals surface area contributed by atoms with Crippen LogP contribution in [0.25, 0.3) is 10.8 Å². The number of aryl methyl sites for hydroxylation is 1. The highest BCUT2D eigenvalue weighted by molar-refractivity contribution is 5.84. The molecule has 4 heteroatoms. The van der Waals surface area contributed by atoms with E-state index in [4.69, 9.17) is 0 Å². The van der Waals surface area contributed by atoms with Crippen LogP contribution in [0, 0.1) is 12.7 Å². The molecule has 0 saturated heterocycles. The molecule has 0 bridgehead atoms. The van der Waals surface area contributed by atoms with E-state index in [-0.39, 0.29) is 0 Å². The maximum Gasteiger partial charge on any atom is 0.387 e. The third-order valence-electron chi connectivity index (χ3n) is 2.26. The van der Waals surface area contributed by atoms with Gasteiger partial charge in [0.15, 0.2) is 11.6 Å². The van der Waals surface area contributed by atoms with E-state index in [1.807, 2.05) is 13.0 Å². The lowest BCUT2D eigenvalue weighted by Crippen LogP contribution is -2.03. The summed E-state index contributed by atoms with van der Waals surface area (Å²) in [4.78, 5) is 0. The molecule has 0 aliphatic carbocycles. The average molecular weight is 226 g/mol. The minimum absolute atomic E-state index is 0.425. The molecule has 1 nitrogen and oxygen atoms in total. The van der Waals surface area contributed by atoms with Crippen molar-refractivity contribution in [2.75, 3.05) is 0 Å². The summed E-state index contributed by atoms with van der Waals surface area (Å²) < 4.78 is 41.4. The van der Waals surface area contributed by atoms with Gasteiger partial charge in [-0.05, 0) is 29.8 Å². The van der Waals surface area contributed by atoms with Gasteiger partial charge in [0.2, 0.25) is 0 Å². The van der Waals surface area contributed by atoms with Crippen molar-refractivity contribution in [2.45, 2.75) is 13.5 Å². The Balaban J connectivity index is 2.54. The first kappa shape index (κ1) is 10.8. The average Bonchev–Trinajstić information content (AvgIpc) is 2.19. The molecule has 0 aliphatic rings. The molecule has 0 heterocycles. The lowest BCUT2D eigenvalue weighted by atomic mass is 10.1. The van der Waals surface area contributed by atoms with Crippen LogP contribution in [0.1, 0.15) is 5.56 Å². The largest absolute Gasteiger partial charge is 0.432 e. The van der Waals surface area contributed by atoms with Crippen molar-refractivity contribution in [1.82, 2.24) is 0 Å². The number of rotatable bonds is 2. The van der Waals surface area contributed by atoms with E-state index in [0.29, 0.717) is 10.8 Å². The van der Waals surface area contributed by atoms with Crippen molar-refractivity contribution < 1.29 is 17.9 Å². The molecule has 2 aromatic carbocycles. The number of fused-ring (bicyclic) bond motifs is 1. The van der Waals surface area contributed by atoms with Crippen molar-refractivity contribution in [2.24, 2.45) is 0 Å². The molecule has 0 saturated carbocycles. The Morgan fingerprint density at radius 2 is 1.81 bits per heavy atom. The van der Waals surface area contributed by atoms with Gasteiger partial charge in [0.05, 0.1) is 0 Å². The lowest BCUT2D eigenvalue weighted by Gasteiger charge is -2.07. The van der Waals surface area contributed by atoms with Crippen LogP contribution in [0.15, 0.2) is 30.3 Å². The summed E-state index contributed by atoms with van der Waals surface area (Å²) in [5.41, 5.74) is 0.981. The third kappa shape index (κ3) is 2.10. The molecule has 0 radical (unpaired) electrons. The SMILES string of the molecule is Cc1ccc2cc(OC(F)F)c(F)cc2c1. The second kappa shape index (κ2) is 4.04. The molecule has 0 amide bonds. The maximum absolute atomic E-state index is 13.4. The van der Waals surface area contributed by atoms with Gasteiger partial charge in [-0.15, -0.1) is 0 Å². The molecule has 84 valence electrons. The molecular formula is C12H9F3O. The zero-order valence-corrected chi connectivity index (χ0v) is 8.51. The summed E-state index contributed by atoms with van der Waals surface area (Å²) in [5, 5.41) is 1.33. The lowest BCUT2D eigenvalue weighted by molar-refractivity contribution is -0.0520. The van der Waals surface area contributed by atoms with E-state index in [1.165, 1.54) is 12.1 Å². The molecule has 0 spiro atoms. The minimum atomic E-state index is -3.02. The van der Waals surface area contributed by atoms with E-state index in [9.17, 15) is 13.2 Å². The second-order valence-electron chi connectivity index (χ2n) is 3.51. The van der Waals surface area contributed by atoms with E-state index in [2.05, 4.69) is 4.74 Å². The van der Waals surface area contributed by atoms with Crippen LogP contribution >= 0.6 is 0 Å². The zero-order valence-electron chi connectivity index (χ0n) is 8.51. The fraction of sp³-hybridized carbons (Fsp3) is 0.167. The molecule has 0 fully saturated rings. The predicted molar refractivity (Wildman–Crippen MR) is 55.3 cm³/mol. The highest BCUT2D eigenvalue weighted by Gasteiger charge is 2.10. The number of benzene rings is 2. The third-order valence-corrected chi connectivity index (χ3v) is 2.26. The molecule has 0 N–H and O–H groups in total. The first-order valence-corrected chi connectivity index (χ1v) is 4.71. The smallest absolute Gasteiger partial charge is 0.387 e. The maximum atomic E-state index is 13.4. The topological polar surface area (TPSA) is 9.23 Å². The quantitative estimate of drug-likeness (QED) is 0.754. The Morgan fingerprint density at radius 1 is 1.06 bits per heavy atom. The Labute approximate surface area is 90.5 Å². The van der Waals surface area contributed by atoms with Crippen LogP contribution in [-0.4, -0.2) is 6.61 Å². The highest BCUT2D eigenvalue weighted by atomic mass is 19.3. The molecule has 16 heavy (non-hydrogen) atoms. The van der Waals surface area contributed by atoms with Gasteiger partial charge < -0.3 is 4.74 Å². The highest BCUT2D eigenvalue weighted by Crippen LogP contribution is 2.26. The van der Waals surface area contributed by atoms with Gasteiger partial charge in [0.1, 0.15) is 0 Å². The van der Waals surface area contributed by atoms with Crippen molar-refractivity contribution in [3.05, 3.63) is 41.7 Å². The Morgan fingerprint density at radius 3 is 2.50 bits per heavy atom. The molecular weight excluding hydrogens is 217 g/mol. The minimum Gasteiger partial charge on any atom is -0.432 e. The van der Waals surface area contributed by atoms with E-state index >= 15 is 0 Å². The number of hydrogen-bond acceptors (Lipinski definition) is 1. The molecule has 0 aliphatic heterocycles. The molecule has 2 aromatic rings. The first-order chi connectivity index (χ1) is 7.56. The van der Waals surface area contributed by atoms with Crippen LogP contribution in [0.2, 0.25) is 0 Å². The Hall–Kier alpha value is -1.71. The van der Waals surface area contributed by atoms with Crippen LogP contribution in [0.3, 0.4) is 0 Å². The van der Waals surface area contributed by atoms with E-state index < -0.39 is 18.2 Å².